The molecule has 1 saturated heterocycles. The molecular formula is C26H27N7O3. The Kier molecular flexibility index (Phi) is 6.32. The number of hydrogen-bond acceptors (Lipinski definition) is 8. The second-order valence-corrected chi connectivity index (χ2v) is 8.90. The molecule has 3 aromatic heterocycles. The van der Waals surface area contributed by atoms with Crippen LogP contribution in [0.25, 0.3) is 16.9 Å². The van der Waals surface area contributed by atoms with Gasteiger partial charge in [-0.3, -0.25) is 4.79 Å². The van der Waals surface area contributed by atoms with Gasteiger partial charge in [0, 0.05) is 35.9 Å². The first-order valence-corrected chi connectivity index (χ1v) is 11.9. The third-order valence-electron chi connectivity index (χ3n) is 5.92. The number of nitrogens with zero attached hydrogens (tertiary/aromatic N) is 6. The number of esters is 1. The highest BCUT2D eigenvalue weighted by molar-refractivity contribution is 6.01. The Bertz CT molecular complexity index is 1440. The number of pyridine rings is 1. The minimum absolute atomic E-state index is 0.352. The van der Waals surface area contributed by atoms with Gasteiger partial charge in [0.1, 0.15) is 17.2 Å². The molecule has 1 fully saturated rings. The predicted octanol–water partition coefficient (Wildman–Crippen LogP) is 3.53. The topological polar surface area (TPSA) is 115 Å². The lowest BCUT2D eigenvalue weighted by Gasteiger charge is -2.20. The Morgan fingerprint density at radius 3 is 2.42 bits per heavy atom. The first kappa shape index (κ1) is 23.4. The number of benzene rings is 1. The molecule has 1 amide bonds. The van der Waals surface area contributed by atoms with Gasteiger partial charge in [-0.05, 0) is 51.8 Å². The van der Waals surface area contributed by atoms with E-state index in [1.807, 2.05) is 44.2 Å². The predicted molar refractivity (Wildman–Crippen MR) is 135 cm³/mol. The maximum Gasteiger partial charge on any atom is 0.342 e. The summed E-state index contributed by atoms with van der Waals surface area (Å²) < 4.78 is 6.89. The van der Waals surface area contributed by atoms with Crippen molar-refractivity contribution in [3.05, 3.63) is 65.1 Å². The lowest BCUT2D eigenvalue weighted by atomic mass is 10.1. The molecule has 0 bridgehead atoms. The summed E-state index contributed by atoms with van der Waals surface area (Å²) in [5.74, 6) is 0.254. The van der Waals surface area contributed by atoms with E-state index in [0.29, 0.717) is 28.8 Å². The molecule has 4 aromatic rings. The molecule has 1 aromatic carbocycles. The van der Waals surface area contributed by atoms with Crippen molar-refractivity contribution in [1.82, 2.24) is 24.7 Å². The summed E-state index contributed by atoms with van der Waals surface area (Å²) in [5, 5.41) is 7.99. The third kappa shape index (κ3) is 4.88. The number of aryl methyl sites for hydroxylation is 3. The van der Waals surface area contributed by atoms with Crippen LogP contribution in [0, 0.1) is 20.8 Å². The van der Waals surface area contributed by atoms with E-state index in [0.717, 1.165) is 48.2 Å². The number of ether oxygens (including phenoxy) is 1. The van der Waals surface area contributed by atoms with Crippen LogP contribution in [0.5, 0.6) is 0 Å². The molecule has 0 atom stereocenters. The highest BCUT2D eigenvalue weighted by atomic mass is 16.5. The van der Waals surface area contributed by atoms with Crippen LogP contribution in [0.1, 0.15) is 40.3 Å². The van der Waals surface area contributed by atoms with Crippen molar-refractivity contribution in [1.29, 1.82) is 0 Å². The van der Waals surface area contributed by atoms with Crippen LogP contribution in [-0.4, -0.2) is 56.3 Å². The van der Waals surface area contributed by atoms with Gasteiger partial charge in [-0.2, -0.15) is 9.78 Å². The van der Waals surface area contributed by atoms with E-state index < -0.39 is 18.5 Å². The molecular weight excluding hydrogens is 458 g/mol. The van der Waals surface area contributed by atoms with Gasteiger partial charge in [-0.15, -0.1) is 0 Å². The Hall–Kier alpha value is -4.34. The molecule has 0 spiro atoms. The number of carbonyl (C=O) groups excluding carboxylic acids is 2. The van der Waals surface area contributed by atoms with Crippen molar-refractivity contribution in [3.8, 4) is 5.95 Å². The first-order valence-electron chi connectivity index (χ1n) is 11.9. The Balaban J connectivity index is 1.33. The van der Waals surface area contributed by atoms with E-state index in [2.05, 4.69) is 25.3 Å². The molecule has 10 heteroatoms. The molecule has 0 saturated carbocycles. The van der Waals surface area contributed by atoms with Gasteiger partial charge < -0.3 is 15.0 Å². The monoisotopic (exact) mass is 485 g/mol. The largest absolute Gasteiger partial charge is 0.452 e. The van der Waals surface area contributed by atoms with Crippen LogP contribution in [0.2, 0.25) is 0 Å². The smallest absolute Gasteiger partial charge is 0.342 e. The molecule has 10 nitrogen and oxygen atoms in total. The summed E-state index contributed by atoms with van der Waals surface area (Å²) in [6.45, 7) is 6.74. The number of hydrogen-bond donors (Lipinski definition) is 1. The summed E-state index contributed by atoms with van der Waals surface area (Å²) in [6, 6.07) is 13.0. The highest BCUT2D eigenvalue weighted by Crippen LogP contribution is 2.27. The van der Waals surface area contributed by atoms with E-state index in [4.69, 9.17) is 9.72 Å². The van der Waals surface area contributed by atoms with E-state index in [-0.39, 0.29) is 0 Å². The molecule has 1 aliphatic rings. The number of para-hydroxylation sites is 1. The molecule has 1 N–H and O–H groups in total. The average molecular weight is 486 g/mol. The van der Waals surface area contributed by atoms with Gasteiger partial charge >= 0.3 is 5.97 Å². The van der Waals surface area contributed by atoms with Crippen molar-refractivity contribution in [2.45, 2.75) is 33.6 Å². The zero-order chi connectivity index (χ0) is 25.2. The summed E-state index contributed by atoms with van der Waals surface area (Å²) in [6.07, 6.45) is 2.09. The van der Waals surface area contributed by atoms with Crippen molar-refractivity contribution in [2.24, 2.45) is 0 Å². The zero-order valence-electron chi connectivity index (χ0n) is 20.5. The lowest BCUT2D eigenvalue weighted by Crippen LogP contribution is -2.25. The number of aromatic nitrogens is 5. The molecule has 0 aliphatic carbocycles. The van der Waals surface area contributed by atoms with Crippen molar-refractivity contribution in [3.63, 3.8) is 0 Å². The normalized spacial score (nSPS) is 13.2. The van der Waals surface area contributed by atoms with Gasteiger partial charge in [0.15, 0.2) is 6.61 Å². The fraction of sp³-hybridized carbons (Fsp3) is 0.308. The third-order valence-corrected chi connectivity index (χ3v) is 5.92. The van der Waals surface area contributed by atoms with E-state index in [1.165, 1.54) is 4.68 Å². The summed E-state index contributed by atoms with van der Waals surface area (Å²) >= 11 is 0. The molecule has 36 heavy (non-hydrogen) atoms. The van der Waals surface area contributed by atoms with Crippen molar-refractivity contribution < 1.29 is 14.3 Å². The Morgan fingerprint density at radius 2 is 1.67 bits per heavy atom. The minimum Gasteiger partial charge on any atom is -0.452 e. The maximum absolute atomic E-state index is 13.1. The molecule has 0 unspecified atom stereocenters. The summed E-state index contributed by atoms with van der Waals surface area (Å²) in [5.41, 5.74) is 3.42. The fourth-order valence-corrected chi connectivity index (χ4v) is 4.36. The Labute approximate surface area is 208 Å². The SMILES string of the molecule is Cc1cc(C)nc(-n2nc(C)cc2NC(=O)COC(=O)c2cc3ccccc3nc2N2CCCC2)n1. The second-order valence-electron chi connectivity index (χ2n) is 8.90. The van der Waals surface area contributed by atoms with E-state index in [9.17, 15) is 9.59 Å². The molecule has 0 radical (unpaired) electrons. The molecule has 184 valence electrons. The lowest BCUT2D eigenvalue weighted by molar-refractivity contribution is -0.119. The number of carbonyl (C=O) groups is 2. The van der Waals surface area contributed by atoms with Gasteiger partial charge in [-0.25, -0.2) is 19.7 Å². The van der Waals surface area contributed by atoms with Gasteiger partial charge in [0.25, 0.3) is 11.9 Å². The fourth-order valence-electron chi connectivity index (χ4n) is 4.36. The molecule has 5 rings (SSSR count). The second kappa shape index (κ2) is 9.73. The standard InChI is InChI=1S/C26H27N7O3/c1-16-12-17(2)28-26(27-16)33-22(13-18(3)31-33)30-23(34)15-36-25(35)20-14-19-8-4-5-9-21(19)29-24(20)32-10-6-7-11-32/h4-5,8-9,12-14H,6-7,10-11,15H2,1-3H3,(H,30,34). The van der Waals surface area contributed by atoms with Crippen LogP contribution in [0.4, 0.5) is 11.6 Å². The van der Waals surface area contributed by atoms with Crippen LogP contribution < -0.4 is 10.2 Å². The number of rotatable bonds is 6. The summed E-state index contributed by atoms with van der Waals surface area (Å²) in [7, 11) is 0. The average Bonchev–Trinajstić information content (AvgIpc) is 3.51. The number of amides is 1. The molecule has 4 heterocycles. The highest BCUT2D eigenvalue weighted by Gasteiger charge is 2.24. The van der Waals surface area contributed by atoms with Crippen molar-refractivity contribution >= 4 is 34.4 Å². The van der Waals surface area contributed by atoms with Gasteiger partial charge in [-0.1, -0.05) is 18.2 Å². The van der Waals surface area contributed by atoms with E-state index in [1.54, 1.807) is 19.1 Å². The maximum atomic E-state index is 13.1. The van der Waals surface area contributed by atoms with E-state index >= 15 is 0 Å². The van der Waals surface area contributed by atoms with Crippen molar-refractivity contribution in [2.75, 3.05) is 29.9 Å². The Morgan fingerprint density at radius 1 is 0.944 bits per heavy atom. The number of nitrogens with one attached hydrogen (secondary N) is 1. The van der Waals surface area contributed by atoms with Crippen LogP contribution in [0.15, 0.2) is 42.5 Å². The quantitative estimate of drug-likeness (QED) is 0.413. The number of fused-ring (bicyclic) bond motifs is 1. The van der Waals surface area contributed by atoms with Crippen LogP contribution >= 0.6 is 0 Å². The van der Waals surface area contributed by atoms with Gasteiger partial charge in [0.05, 0.1) is 11.2 Å². The van der Waals surface area contributed by atoms with Crippen LogP contribution in [0.3, 0.4) is 0 Å². The molecule has 1 aliphatic heterocycles. The van der Waals surface area contributed by atoms with Crippen LogP contribution in [-0.2, 0) is 9.53 Å². The summed E-state index contributed by atoms with van der Waals surface area (Å²) in [4.78, 5) is 41.5. The zero-order valence-corrected chi connectivity index (χ0v) is 20.5. The number of anilines is 2. The first-order chi connectivity index (χ1) is 17.4. The minimum atomic E-state index is -0.590. The van der Waals surface area contributed by atoms with Gasteiger partial charge in [0.2, 0.25) is 0 Å².